The van der Waals surface area contributed by atoms with Gasteiger partial charge in [0.15, 0.2) is 0 Å². The van der Waals surface area contributed by atoms with Crippen LogP contribution in [0.2, 0.25) is 0 Å². The lowest BCUT2D eigenvalue weighted by molar-refractivity contribution is -0.119. The molecule has 0 aliphatic rings. The molecule has 1 aromatic rings. The molecule has 1 rings (SSSR count). The van der Waals surface area contributed by atoms with E-state index in [1.165, 1.54) is 23.1 Å². The van der Waals surface area contributed by atoms with Crippen LogP contribution in [0.5, 0.6) is 0 Å². The van der Waals surface area contributed by atoms with Gasteiger partial charge in [-0.05, 0) is 18.4 Å². The van der Waals surface area contributed by atoms with E-state index < -0.39 is 6.10 Å². The van der Waals surface area contributed by atoms with E-state index in [-0.39, 0.29) is 22.8 Å². The molecule has 18 heavy (non-hydrogen) atoms. The van der Waals surface area contributed by atoms with Gasteiger partial charge in [0.05, 0.1) is 16.7 Å². The van der Waals surface area contributed by atoms with E-state index in [0.29, 0.717) is 4.88 Å². The average Bonchev–Trinajstić information content (AvgIpc) is 2.86. The molecule has 2 unspecified atom stereocenters. The summed E-state index contributed by atoms with van der Waals surface area (Å²) in [6, 6.07) is 3.44. The first kappa shape index (κ1) is 15.0. The molecule has 2 amide bonds. The molecule has 5 nitrogen and oxygen atoms in total. The molecule has 2 atom stereocenters. The number of nitrogens with one attached hydrogen (secondary N) is 2. The molecule has 0 spiro atoms. The van der Waals surface area contributed by atoms with Crippen molar-refractivity contribution in [3.63, 3.8) is 0 Å². The maximum Gasteiger partial charge on any atom is 0.279 e. The zero-order valence-electron chi connectivity index (χ0n) is 10.2. The minimum Gasteiger partial charge on any atom is -0.392 e. The monoisotopic (exact) mass is 288 g/mol. The Morgan fingerprint density at radius 2 is 2.17 bits per heavy atom. The third-order valence-corrected chi connectivity index (χ3v) is 4.43. The molecule has 7 heteroatoms. The van der Waals surface area contributed by atoms with E-state index in [2.05, 4.69) is 10.9 Å². The molecular formula is C11H16N2O3S2. The molecule has 0 radical (unpaired) electrons. The van der Waals surface area contributed by atoms with Gasteiger partial charge < -0.3 is 5.11 Å². The van der Waals surface area contributed by atoms with Crippen LogP contribution >= 0.6 is 23.1 Å². The van der Waals surface area contributed by atoms with Gasteiger partial charge in [0.2, 0.25) is 5.91 Å². The van der Waals surface area contributed by atoms with E-state index in [1.54, 1.807) is 24.4 Å². The topological polar surface area (TPSA) is 78.4 Å². The number of thioether (sulfide) groups is 1. The normalized spacial score (nSPS) is 13.7. The van der Waals surface area contributed by atoms with E-state index >= 15 is 0 Å². The Kier molecular flexibility index (Phi) is 6.17. The summed E-state index contributed by atoms with van der Waals surface area (Å²) < 4.78 is 0. The van der Waals surface area contributed by atoms with Crippen molar-refractivity contribution in [3.8, 4) is 0 Å². The number of aliphatic hydroxyl groups excluding tert-OH is 1. The predicted octanol–water partition coefficient (Wildman–Crippen LogP) is 1.01. The number of aliphatic hydroxyl groups is 1. The first-order chi connectivity index (χ1) is 8.50. The van der Waals surface area contributed by atoms with Crippen molar-refractivity contribution >= 4 is 34.9 Å². The van der Waals surface area contributed by atoms with E-state index in [9.17, 15) is 14.7 Å². The van der Waals surface area contributed by atoms with Crippen LogP contribution in [0.3, 0.4) is 0 Å². The second-order valence-corrected chi connectivity index (χ2v) is 6.05. The number of hydrogen-bond acceptors (Lipinski definition) is 5. The van der Waals surface area contributed by atoms with Gasteiger partial charge in [0.1, 0.15) is 0 Å². The van der Waals surface area contributed by atoms with Crippen molar-refractivity contribution in [3.05, 3.63) is 22.4 Å². The highest BCUT2D eigenvalue weighted by atomic mass is 32.2. The SMILES string of the molecule is CC(O)C(C)SCC(=O)NNC(=O)c1cccs1. The Morgan fingerprint density at radius 1 is 1.44 bits per heavy atom. The molecule has 0 aromatic carbocycles. The second kappa shape index (κ2) is 7.40. The Labute approximate surface area is 114 Å². The summed E-state index contributed by atoms with van der Waals surface area (Å²) in [6.45, 7) is 3.51. The van der Waals surface area contributed by atoms with Gasteiger partial charge in [0.25, 0.3) is 5.91 Å². The van der Waals surface area contributed by atoms with Crippen LogP contribution in [-0.2, 0) is 4.79 Å². The molecule has 0 aliphatic heterocycles. The molecule has 100 valence electrons. The van der Waals surface area contributed by atoms with Crippen molar-refractivity contribution in [2.45, 2.75) is 25.2 Å². The summed E-state index contributed by atoms with van der Waals surface area (Å²) in [5.74, 6) is -0.430. The Bertz CT molecular complexity index is 393. The number of hydrazine groups is 1. The minimum absolute atomic E-state index is 0.0243. The van der Waals surface area contributed by atoms with Crippen molar-refractivity contribution in [1.82, 2.24) is 10.9 Å². The van der Waals surface area contributed by atoms with Gasteiger partial charge in [-0.1, -0.05) is 13.0 Å². The smallest absolute Gasteiger partial charge is 0.279 e. The summed E-state index contributed by atoms with van der Waals surface area (Å²) in [7, 11) is 0. The molecule has 1 heterocycles. The van der Waals surface area contributed by atoms with Gasteiger partial charge in [-0.25, -0.2) is 0 Å². The maximum atomic E-state index is 11.5. The fraction of sp³-hybridized carbons (Fsp3) is 0.455. The molecule has 0 bridgehead atoms. The second-order valence-electron chi connectivity index (χ2n) is 3.74. The molecule has 0 saturated carbocycles. The maximum absolute atomic E-state index is 11.5. The van der Waals surface area contributed by atoms with Crippen LogP contribution in [-0.4, -0.2) is 34.0 Å². The fourth-order valence-corrected chi connectivity index (χ4v) is 2.36. The number of hydrogen-bond donors (Lipinski definition) is 3. The Morgan fingerprint density at radius 3 is 2.72 bits per heavy atom. The first-order valence-electron chi connectivity index (χ1n) is 5.43. The molecule has 1 aromatic heterocycles. The van der Waals surface area contributed by atoms with Gasteiger partial charge in [-0.3, -0.25) is 20.4 Å². The largest absolute Gasteiger partial charge is 0.392 e. The third kappa shape index (κ3) is 5.07. The molecule has 0 saturated heterocycles. The number of carbonyl (C=O) groups is 2. The number of thiophene rings is 1. The van der Waals surface area contributed by atoms with Crippen LogP contribution in [0, 0.1) is 0 Å². The van der Waals surface area contributed by atoms with Crippen LogP contribution in [0.1, 0.15) is 23.5 Å². The van der Waals surface area contributed by atoms with Gasteiger partial charge in [0, 0.05) is 5.25 Å². The Hall–Kier alpha value is -1.05. The highest BCUT2D eigenvalue weighted by Gasteiger charge is 2.12. The van der Waals surface area contributed by atoms with Crippen LogP contribution in [0.15, 0.2) is 17.5 Å². The highest BCUT2D eigenvalue weighted by Crippen LogP contribution is 2.13. The van der Waals surface area contributed by atoms with Crippen LogP contribution in [0.4, 0.5) is 0 Å². The number of rotatable bonds is 5. The summed E-state index contributed by atoms with van der Waals surface area (Å²) in [5, 5.41) is 11.0. The minimum atomic E-state index is -0.469. The average molecular weight is 288 g/mol. The van der Waals surface area contributed by atoms with E-state index in [1.807, 2.05) is 6.92 Å². The molecule has 3 N–H and O–H groups in total. The van der Waals surface area contributed by atoms with Crippen molar-refractivity contribution in [2.75, 3.05) is 5.75 Å². The summed E-state index contributed by atoms with van der Waals surface area (Å²) in [4.78, 5) is 23.5. The lowest BCUT2D eigenvalue weighted by Gasteiger charge is -2.13. The number of amides is 2. The quantitative estimate of drug-likeness (QED) is 0.707. The van der Waals surface area contributed by atoms with E-state index in [0.717, 1.165) is 0 Å². The van der Waals surface area contributed by atoms with Gasteiger partial charge in [-0.15, -0.1) is 23.1 Å². The van der Waals surface area contributed by atoms with Crippen LogP contribution < -0.4 is 10.9 Å². The third-order valence-electron chi connectivity index (χ3n) is 2.22. The van der Waals surface area contributed by atoms with E-state index in [4.69, 9.17) is 0 Å². The van der Waals surface area contributed by atoms with Crippen molar-refractivity contribution < 1.29 is 14.7 Å². The Balaban J connectivity index is 2.23. The lowest BCUT2D eigenvalue weighted by Crippen LogP contribution is -2.42. The summed E-state index contributed by atoms with van der Waals surface area (Å²) in [5.41, 5.74) is 4.66. The number of carbonyl (C=O) groups excluding carboxylic acids is 2. The van der Waals surface area contributed by atoms with Crippen molar-refractivity contribution in [1.29, 1.82) is 0 Å². The summed E-state index contributed by atoms with van der Waals surface area (Å²) >= 11 is 2.63. The highest BCUT2D eigenvalue weighted by molar-refractivity contribution is 8.00. The van der Waals surface area contributed by atoms with Gasteiger partial charge >= 0.3 is 0 Å². The zero-order valence-corrected chi connectivity index (χ0v) is 11.8. The van der Waals surface area contributed by atoms with Crippen molar-refractivity contribution in [2.24, 2.45) is 0 Å². The molecular weight excluding hydrogens is 272 g/mol. The predicted molar refractivity (Wildman–Crippen MR) is 73.5 cm³/mol. The first-order valence-corrected chi connectivity index (χ1v) is 7.36. The molecule has 0 aliphatic carbocycles. The van der Waals surface area contributed by atoms with Gasteiger partial charge in [-0.2, -0.15) is 0 Å². The standard InChI is InChI=1S/C11H16N2O3S2/c1-7(14)8(2)18-6-10(15)12-13-11(16)9-4-3-5-17-9/h3-5,7-8,14H,6H2,1-2H3,(H,12,15)(H,13,16). The lowest BCUT2D eigenvalue weighted by atomic mass is 10.3. The van der Waals surface area contributed by atoms with Crippen LogP contribution in [0.25, 0.3) is 0 Å². The zero-order chi connectivity index (χ0) is 13.5. The molecule has 0 fully saturated rings. The summed E-state index contributed by atoms with van der Waals surface area (Å²) in [6.07, 6.45) is -0.469. The fourth-order valence-electron chi connectivity index (χ4n) is 0.978.